The quantitative estimate of drug-likeness (QED) is 0.563. The number of benzene rings is 2. The van der Waals surface area contributed by atoms with Gasteiger partial charge in [-0.1, -0.05) is 6.07 Å². The van der Waals surface area contributed by atoms with Gasteiger partial charge in [-0.15, -0.1) is 0 Å². The van der Waals surface area contributed by atoms with Gasteiger partial charge in [-0.2, -0.15) is 0 Å². The zero-order valence-corrected chi connectivity index (χ0v) is 15.6. The maximum atomic E-state index is 13.7. The highest BCUT2D eigenvalue weighted by atomic mass is 19.1. The van der Waals surface area contributed by atoms with Crippen molar-refractivity contribution >= 4 is 17.3 Å². The molecule has 2 aromatic rings. The van der Waals surface area contributed by atoms with Gasteiger partial charge in [0.05, 0.1) is 12.0 Å². The third-order valence-corrected chi connectivity index (χ3v) is 4.90. The number of aryl methyl sites for hydroxylation is 1. The number of hydrogen-bond donors (Lipinski definition) is 0. The number of hydrogen-bond acceptors (Lipinski definition) is 5. The number of halogens is 1. The summed E-state index contributed by atoms with van der Waals surface area (Å²) in [5, 5.41) is 10.7. The zero-order valence-electron chi connectivity index (χ0n) is 15.6. The van der Waals surface area contributed by atoms with E-state index in [4.69, 9.17) is 4.74 Å². The third-order valence-electron chi connectivity index (χ3n) is 4.90. The Balaban J connectivity index is 1.49. The second kappa shape index (κ2) is 8.69. The van der Waals surface area contributed by atoms with E-state index >= 15 is 0 Å². The molecule has 1 fully saturated rings. The summed E-state index contributed by atoms with van der Waals surface area (Å²) in [7, 11) is 1.41. The second-order valence-electron chi connectivity index (χ2n) is 6.61. The summed E-state index contributed by atoms with van der Waals surface area (Å²) in [4.78, 5) is 26.7. The molecule has 1 saturated heterocycles. The number of nitro benzene ring substituents is 1. The number of nitrogens with zero attached hydrogens (tertiary/aromatic N) is 3. The molecule has 0 bridgehead atoms. The van der Waals surface area contributed by atoms with E-state index in [-0.39, 0.29) is 17.3 Å². The van der Waals surface area contributed by atoms with E-state index in [0.29, 0.717) is 39.0 Å². The fraction of sp³-hybridized carbons (Fsp3) is 0.350. The van der Waals surface area contributed by atoms with E-state index in [1.54, 1.807) is 24.3 Å². The maximum Gasteiger partial charge on any atom is 0.269 e. The molecule has 0 radical (unpaired) electrons. The van der Waals surface area contributed by atoms with Gasteiger partial charge in [-0.25, -0.2) is 4.39 Å². The molecule has 0 atom stereocenters. The first kappa shape index (κ1) is 19.6. The van der Waals surface area contributed by atoms with Crippen molar-refractivity contribution in [3.63, 3.8) is 0 Å². The molecule has 148 valence electrons. The van der Waals surface area contributed by atoms with Crippen LogP contribution < -0.4 is 9.64 Å². The number of methoxy groups -OCH3 is 1. The molecule has 1 heterocycles. The highest BCUT2D eigenvalue weighted by molar-refractivity contribution is 5.76. The van der Waals surface area contributed by atoms with Gasteiger partial charge in [0.2, 0.25) is 5.91 Å². The highest BCUT2D eigenvalue weighted by Crippen LogP contribution is 2.21. The molecular formula is C20H22FN3O4. The van der Waals surface area contributed by atoms with Crippen molar-refractivity contribution in [2.45, 2.75) is 12.8 Å². The topological polar surface area (TPSA) is 75.9 Å². The molecule has 0 spiro atoms. The van der Waals surface area contributed by atoms with Crippen LogP contribution in [0.5, 0.6) is 5.75 Å². The number of rotatable bonds is 6. The lowest BCUT2D eigenvalue weighted by molar-refractivity contribution is -0.384. The Labute approximate surface area is 162 Å². The molecule has 1 aliphatic heterocycles. The highest BCUT2D eigenvalue weighted by Gasteiger charge is 2.21. The SMILES string of the molecule is COc1ccc(CCC(=O)N2CCN(c3ccc([N+](=O)[O-])cc3)CC2)cc1F. The normalized spacial score (nSPS) is 14.1. The predicted molar refractivity (Wildman–Crippen MR) is 103 cm³/mol. The molecule has 7 nitrogen and oxygen atoms in total. The van der Waals surface area contributed by atoms with Crippen molar-refractivity contribution in [2.75, 3.05) is 38.2 Å². The Morgan fingerprint density at radius 2 is 1.82 bits per heavy atom. The van der Waals surface area contributed by atoms with Crippen LogP contribution in [-0.4, -0.2) is 49.0 Å². The Morgan fingerprint density at radius 3 is 2.39 bits per heavy atom. The van der Waals surface area contributed by atoms with Crippen molar-refractivity contribution in [1.82, 2.24) is 4.90 Å². The van der Waals surface area contributed by atoms with E-state index < -0.39 is 10.7 Å². The predicted octanol–water partition coefficient (Wildman–Crippen LogP) is 3.02. The van der Waals surface area contributed by atoms with Crippen LogP contribution in [0.1, 0.15) is 12.0 Å². The van der Waals surface area contributed by atoms with Crippen LogP contribution in [0.25, 0.3) is 0 Å². The molecule has 0 unspecified atom stereocenters. The minimum atomic E-state index is -0.427. The molecule has 3 rings (SSSR count). The standard InChI is InChI=1S/C20H22FN3O4/c1-28-19-8-2-15(14-18(19)21)3-9-20(25)23-12-10-22(11-13-23)16-4-6-17(7-5-16)24(26)27/h2,4-8,14H,3,9-13H2,1H3. The third kappa shape index (κ3) is 4.57. The summed E-state index contributed by atoms with van der Waals surface area (Å²) in [5.74, 6) is -0.193. The summed E-state index contributed by atoms with van der Waals surface area (Å²) in [6.45, 7) is 2.51. The van der Waals surface area contributed by atoms with Crippen LogP contribution >= 0.6 is 0 Å². The first-order chi connectivity index (χ1) is 13.5. The van der Waals surface area contributed by atoms with Gasteiger partial charge < -0.3 is 14.5 Å². The molecule has 0 N–H and O–H groups in total. The molecular weight excluding hydrogens is 365 g/mol. The molecule has 28 heavy (non-hydrogen) atoms. The lowest BCUT2D eigenvalue weighted by atomic mass is 10.1. The molecule has 0 aromatic heterocycles. The van der Waals surface area contributed by atoms with Gasteiger partial charge in [0, 0.05) is 50.4 Å². The summed E-state index contributed by atoms with van der Waals surface area (Å²) in [6, 6.07) is 11.2. The number of piperazine rings is 1. The molecule has 8 heteroatoms. The summed E-state index contributed by atoms with van der Waals surface area (Å²) in [5.41, 5.74) is 1.73. The van der Waals surface area contributed by atoms with E-state index in [2.05, 4.69) is 4.90 Å². The average Bonchev–Trinajstić information content (AvgIpc) is 2.72. The van der Waals surface area contributed by atoms with Gasteiger partial charge in [-0.3, -0.25) is 14.9 Å². The number of anilines is 1. The minimum Gasteiger partial charge on any atom is -0.494 e. The minimum absolute atomic E-state index is 0.0413. The Morgan fingerprint density at radius 1 is 1.14 bits per heavy atom. The average molecular weight is 387 g/mol. The van der Waals surface area contributed by atoms with E-state index in [1.807, 2.05) is 4.90 Å². The van der Waals surface area contributed by atoms with Crippen molar-refractivity contribution in [3.8, 4) is 5.75 Å². The summed E-state index contributed by atoms with van der Waals surface area (Å²) in [6.07, 6.45) is 0.797. The molecule has 2 aromatic carbocycles. The van der Waals surface area contributed by atoms with E-state index in [0.717, 1.165) is 11.3 Å². The van der Waals surface area contributed by atoms with Gasteiger partial charge in [0.15, 0.2) is 11.6 Å². The first-order valence-corrected chi connectivity index (χ1v) is 9.07. The number of ether oxygens (including phenoxy) is 1. The van der Waals surface area contributed by atoms with Crippen LogP contribution in [0.3, 0.4) is 0 Å². The first-order valence-electron chi connectivity index (χ1n) is 9.07. The number of non-ortho nitro benzene ring substituents is 1. The number of carbonyl (C=O) groups is 1. The fourth-order valence-electron chi connectivity index (χ4n) is 3.27. The van der Waals surface area contributed by atoms with Gasteiger partial charge in [0.1, 0.15) is 0 Å². The van der Waals surface area contributed by atoms with E-state index in [1.165, 1.54) is 25.3 Å². The Hall–Kier alpha value is -3.16. The molecule has 0 aliphatic carbocycles. The zero-order chi connectivity index (χ0) is 20.1. The second-order valence-corrected chi connectivity index (χ2v) is 6.61. The molecule has 1 amide bonds. The fourth-order valence-corrected chi connectivity index (χ4v) is 3.27. The lowest BCUT2D eigenvalue weighted by Gasteiger charge is -2.36. The largest absolute Gasteiger partial charge is 0.494 e. The smallest absolute Gasteiger partial charge is 0.269 e. The maximum absolute atomic E-state index is 13.7. The van der Waals surface area contributed by atoms with Gasteiger partial charge in [-0.05, 0) is 36.2 Å². The van der Waals surface area contributed by atoms with Crippen molar-refractivity contribution in [2.24, 2.45) is 0 Å². The molecule has 1 aliphatic rings. The summed E-state index contributed by atoms with van der Waals surface area (Å²) < 4.78 is 18.6. The van der Waals surface area contributed by atoms with Crippen molar-refractivity contribution in [1.29, 1.82) is 0 Å². The van der Waals surface area contributed by atoms with Crippen molar-refractivity contribution < 1.29 is 18.8 Å². The number of amides is 1. The lowest BCUT2D eigenvalue weighted by Crippen LogP contribution is -2.48. The van der Waals surface area contributed by atoms with Crippen LogP contribution in [-0.2, 0) is 11.2 Å². The van der Waals surface area contributed by atoms with Crippen LogP contribution in [0.15, 0.2) is 42.5 Å². The van der Waals surface area contributed by atoms with Crippen molar-refractivity contribution in [3.05, 3.63) is 64.0 Å². The van der Waals surface area contributed by atoms with Crippen LogP contribution in [0, 0.1) is 15.9 Å². The molecule has 0 saturated carbocycles. The number of nitro groups is 1. The van der Waals surface area contributed by atoms with Gasteiger partial charge >= 0.3 is 0 Å². The Bertz CT molecular complexity index is 849. The van der Waals surface area contributed by atoms with Crippen LogP contribution in [0.4, 0.5) is 15.8 Å². The van der Waals surface area contributed by atoms with E-state index in [9.17, 15) is 19.3 Å². The number of carbonyl (C=O) groups excluding carboxylic acids is 1. The summed E-state index contributed by atoms with van der Waals surface area (Å²) >= 11 is 0. The monoisotopic (exact) mass is 387 g/mol. The van der Waals surface area contributed by atoms with Crippen LogP contribution in [0.2, 0.25) is 0 Å². The Kier molecular flexibility index (Phi) is 6.08. The van der Waals surface area contributed by atoms with Gasteiger partial charge in [0.25, 0.3) is 5.69 Å².